The molecule has 2 atom stereocenters. The lowest BCUT2D eigenvalue weighted by atomic mass is 9.95. The Labute approximate surface area is 153 Å². The summed E-state index contributed by atoms with van der Waals surface area (Å²) >= 11 is 0. The molecular formula is C20H25N3O3. The van der Waals surface area contributed by atoms with E-state index in [1.54, 1.807) is 30.3 Å². The number of benzene rings is 1. The van der Waals surface area contributed by atoms with Crippen LogP contribution in [0.1, 0.15) is 31.1 Å². The predicted molar refractivity (Wildman–Crippen MR) is 99.8 cm³/mol. The van der Waals surface area contributed by atoms with E-state index in [4.69, 9.17) is 4.74 Å². The van der Waals surface area contributed by atoms with Crippen LogP contribution in [0.15, 0.2) is 36.5 Å². The van der Waals surface area contributed by atoms with Gasteiger partial charge in [-0.15, -0.1) is 0 Å². The zero-order valence-corrected chi connectivity index (χ0v) is 15.7. The number of hydrogen-bond acceptors (Lipinski definition) is 4. The van der Waals surface area contributed by atoms with Gasteiger partial charge in [0, 0.05) is 42.8 Å². The molecule has 1 fully saturated rings. The second-order valence-electron chi connectivity index (χ2n) is 7.73. The highest BCUT2D eigenvalue weighted by molar-refractivity contribution is 5.98. The minimum atomic E-state index is -0.457. The molecule has 1 N–H and O–H groups in total. The smallest absolute Gasteiger partial charge is 0.251 e. The molecule has 0 bridgehead atoms. The Kier molecular flexibility index (Phi) is 4.96. The number of hydrogen-bond donors (Lipinski definition) is 1. The van der Waals surface area contributed by atoms with Crippen LogP contribution in [-0.2, 0) is 9.53 Å². The molecule has 3 rings (SSSR count). The Morgan fingerprint density at radius 1 is 1.23 bits per heavy atom. The van der Waals surface area contributed by atoms with Crippen molar-refractivity contribution in [3.8, 4) is 0 Å². The fraction of sp³-hybridized carbons (Fsp3) is 0.450. The maximum absolute atomic E-state index is 12.7. The molecule has 0 unspecified atom stereocenters. The largest absolute Gasteiger partial charge is 0.377 e. The van der Waals surface area contributed by atoms with Gasteiger partial charge in [-0.2, -0.15) is 0 Å². The average Bonchev–Trinajstić information content (AvgIpc) is 3.02. The van der Waals surface area contributed by atoms with Crippen molar-refractivity contribution in [1.82, 2.24) is 15.2 Å². The van der Waals surface area contributed by atoms with E-state index in [1.165, 1.54) is 0 Å². The normalized spacial score (nSPS) is 20.4. The number of methoxy groups -OCH3 is 1. The molecule has 0 radical (unpaired) electrons. The molecule has 0 aliphatic carbocycles. The zero-order valence-electron chi connectivity index (χ0n) is 15.7. The number of amides is 2. The fourth-order valence-electron chi connectivity index (χ4n) is 3.25. The van der Waals surface area contributed by atoms with E-state index >= 15 is 0 Å². The quantitative estimate of drug-likeness (QED) is 0.917. The topological polar surface area (TPSA) is 71.5 Å². The maximum Gasteiger partial charge on any atom is 0.251 e. The van der Waals surface area contributed by atoms with Crippen molar-refractivity contribution in [1.29, 1.82) is 0 Å². The number of pyridine rings is 1. The third-order valence-electron chi connectivity index (χ3n) is 4.68. The first-order valence-electron chi connectivity index (χ1n) is 8.77. The standard InChI is InChI=1S/C20H25N3O3/c1-20(2,3)19(25)23-11-16(17(12-23)26-4)22-18(24)14-8-7-13-6-5-9-21-15(13)10-14/h5-10,16-17H,11-12H2,1-4H3,(H,22,24)/t16-,17+/m0/s1. The first-order valence-corrected chi connectivity index (χ1v) is 8.77. The number of nitrogens with one attached hydrogen (secondary N) is 1. The minimum Gasteiger partial charge on any atom is -0.377 e. The number of rotatable bonds is 3. The molecule has 138 valence electrons. The summed E-state index contributed by atoms with van der Waals surface area (Å²) < 4.78 is 5.50. The molecule has 6 nitrogen and oxygen atoms in total. The lowest BCUT2D eigenvalue weighted by Gasteiger charge is -2.25. The van der Waals surface area contributed by atoms with Crippen LogP contribution in [-0.4, -0.2) is 54.0 Å². The van der Waals surface area contributed by atoms with Crippen molar-refractivity contribution in [2.45, 2.75) is 32.9 Å². The van der Waals surface area contributed by atoms with Gasteiger partial charge in [-0.1, -0.05) is 32.9 Å². The van der Waals surface area contributed by atoms with Crippen LogP contribution in [0.2, 0.25) is 0 Å². The van der Waals surface area contributed by atoms with E-state index < -0.39 is 5.41 Å². The molecule has 1 saturated heterocycles. The van der Waals surface area contributed by atoms with Gasteiger partial charge in [0.05, 0.1) is 17.7 Å². The van der Waals surface area contributed by atoms with Crippen LogP contribution in [0.3, 0.4) is 0 Å². The van der Waals surface area contributed by atoms with Gasteiger partial charge in [-0.05, 0) is 18.2 Å². The first kappa shape index (κ1) is 18.3. The average molecular weight is 355 g/mol. The van der Waals surface area contributed by atoms with E-state index in [2.05, 4.69) is 10.3 Å². The summed E-state index contributed by atoms with van der Waals surface area (Å²) in [5.41, 5.74) is 0.868. The minimum absolute atomic E-state index is 0.0613. The summed E-state index contributed by atoms with van der Waals surface area (Å²) in [7, 11) is 1.61. The summed E-state index contributed by atoms with van der Waals surface area (Å²) in [6, 6.07) is 9.03. The van der Waals surface area contributed by atoms with Crippen LogP contribution in [0, 0.1) is 5.41 Å². The number of fused-ring (bicyclic) bond motifs is 1. The van der Waals surface area contributed by atoms with Gasteiger partial charge < -0.3 is 15.0 Å². The van der Waals surface area contributed by atoms with Crippen molar-refractivity contribution in [3.63, 3.8) is 0 Å². The van der Waals surface area contributed by atoms with Crippen molar-refractivity contribution < 1.29 is 14.3 Å². The van der Waals surface area contributed by atoms with Gasteiger partial charge in [0.1, 0.15) is 0 Å². The van der Waals surface area contributed by atoms with Crippen LogP contribution < -0.4 is 5.32 Å². The van der Waals surface area contributed by atoms with Gasteiger partial charge in [0.2, 0.25) is 5.91 Å². The van der Waals surface area contributed by atoms with Crippen LogP contribution in [0.4, 0.5) is 0 Å². The first-order chi connectivity index (χ1) is 12.3. The molecule has 2 heterocycles. The zero-order chi connectivity index (χ0) is 18.9. The molecule has 0 spiro atoms. The van der Waals surface area contributed by atoms with Gasteiger partial charge in [-0.3, -0.25) is 14.6 Å². The SMILES string of the molecule is CO[C@@H]1CN(C(=O)C(C)(C)C)C[C@@H]1NC(=O)c1ccc2cccnc2c1. The van der Waals surface area contributed by atoms with E-state index in [9.17, 15) is 9.59 Å². The van der Waals surface area contributed by atoms with Crippen LogP contribution >= 0.6 is 0 Å². The summed E-state index contributed by atoms with van der Waals surface area (Å²) in [6.07, 6.45) is 1.49. The molecule has 1 aliphatic heterocycles. The molecule has 0 saturated carbocycles. The van der Waals surface area contributed by atoms with Crippen molar-refractivity contribution in [2.24, 2.45) is 5.41 Å². The Morgan fingerprint density at radius 3 is 2.69 bits per heavy atom. The highest BCUT2D eigenvalue weighted by atomic mass is 16.5. The Bertz CT molecular complexity index is 828. The molecule has 2 aromatic rings. The number of aromatic nitrogens is 1. The lowest BCUT2D eigenvalue weighted by molar-refractivity contribution is -0.138. The van der Waals surface area contributed by atoms with Crippen molar-refractivity contribution >= 4 is 22.7 Å². The lowest BCUT2D eigenvalue weighted by Crippen LogP contribution is -2.44. The molecular weight excluding hydrogens is 330 g/mol. The highest BCUT2D eigenvalue weighted by Gasteiger charge is 2.39. The van der Waals surface area contributed by atoms with Crippen molar-refractivity contribution in [2.75, 3.05) is 20.2 Å². The molecule has 1 aromatic carbocycles. The Balaban J connectivity index is 1.73. The number of likely N-dealkylation sites (tertiary alicyclic amines) is 1. The molecule has 1 aromatic heterocycles. The molecule has 26 heavy (non-hydrogen) atoms. The summed E-state index contributed by atoms with van der Waals surface area (Å²) in [5, 5.41) is 4.00. The Morgan fingerprint density at radius 2 is 2.00 bits per heavy atom. The van der Waals surface area contributed by atoms with Crippen LogP contribution in [0.5, 0.6) is 0 Å². The second-order valence-corrected chi connectivity index (χ2v) is 7.73. The number of carbonyl (C=O) groups excluding carboxylic acids is 2. The Hall–Kier alpha value is -2.47. The van der Waals surface area contributed by atoms with Gasteiger partial charge in [0.25, 0.3) is 5.91 Å². The van der Waals surface area contributed by atoms with Gasteiger partial charge >= 0.3 is 0 Å². The number of ether oxygens (including phenoxy) is 1. The molecule has 2 amide bonds. The van der Waals surface area contributed by atoms with Crippen LogP contribution in [0.25, 0.3) is 10.9 Å². The summed E-state index contributed by atoms with van der Waals surface area (Å²) in [6.45, 7) is 6.62. The van der Waals surface area contributed by atoms with E-state index in [0.717, 1.165) is 10.9 Å². The molecule has 1 aliphatic rings. The molecule has 6 heteroatoms. The maximum atomic E-state index is 12.7. The van der Waals surface area contributed by atoms with Crippen molar-refractivity contribution in [3.05, 3.63) is 42.1 Å². The van der Waals surface area contributed by atoms with E-state index in [-0.39, 0.29) is 24.0 Å². The van der Waals surface area contributed by atoms with E-state index in [0.29, 0.717) is 18.7 Å². The van der Waals surface area contributed by atoms with Gasteiger partial charge in [0.15, 0.2) is 0 Å². The monoisotopic (exact) mass is 355 g/mol. The number of nitrogens with zero attached hydrogens (tertiary/aromatic N) is 2. The third kappa shape index (κ3) is 3.70. The number of carbonyl (C=O) groups is 2. The summed E-state index contributed by atoms with van der Waals surface area (Å²) in [4.78, 5) is 31.3. The van der Waals surface area contributed by atoms with Gasteiger partial charge in [-0.25, -0.2) is 0 Å². The highest BCUT2D eigenvalue weighted by Crippen LogP contribution is 2.23. The second kappa shape index (κ2) is 7.03. The third-order valence-corrected chi connectivity index (χ3v) is 4.68. The predicted octanol–water partition coefficient (Wildman–Crippen LogP) is 2.24. The summed E-state index contributed by atoms with van der Waals surface area (Å²) in [5.74, 6) is -0.124. The van der Waals surface area contributed by atoms with E-state index in [1.807, 2.05) is 39.0 Å². The fourth-order valence-corrected chi connectivity index (χ4v) is 3.25.